The summed E-state index contributed by atoms with van der Waals surface area (Å²) in [5, 5.41) is 16.8. The van der Waals surface area contributed by atoms with E-state index in [1.807, 2.05) is 42.5 Å². The molecular formula is C20H17Cl2N3O. The van der Waals surface area contributed by atoms with Gasteiger partial charge in [0.25, 0.3) is 0 Å². The van der Waals surface area contributed by atoms with E-state index in [-0.39, 0.29) is 0 Å². The van der Waals surface area contributed by atoms with Gasteiger partial charge in [0.15, 0.2) is 0 Å². The Hall–Kier alpha value is -2.53. The molecule has 0 aromatic heterocycles. The summed E-state index contributed by atoms with van der Waals surface area (Å²) >= 11 is 12.1. The maximum Gasteiger partial charge on any atom is 0.1000 e. The van der Waals surface area contributed by atoms with Gasteiger partial charge in [0.2, 0.25) is 0 Å². The first-order valence-electron chi connectivity index (χ1n) is 7.92. The minimum atomic E-state index is 0.556. The van der Waals surface area contributed by atoms with E-state index in [4.69, 9.17) is 23.2 Å². The average Bonchev–Trinajstić information content (AvgIpc) is 2.64. The van der Waals surface area contributed by atoms with Crippen LogP contribution in [0.25, 0.3) is 0 Å². The van der Waals surface area contributed by atoms with Gasteiger partial charge in [0.1, 0.15) is 0 Å². The number of anilines is 2. The SMILES string of the molecule is CN(O)c1ccc(Cl)cc1/C(=N/Nc1ccc(Cl)cc1)c1ccccc1. The Bertz CT molecular complexity index is 910. The van der Waals surface area contributed by atoms with E-state index in [1.165, 1.54) is 0 Å². The van der Waals surface area contributed by atoms with Crippen molar-refractivity contribution in [2.75, 3.05) is 17.5 Å². The van der Waals surface area contributed by atoms with Gasteiger partial charge in [-0.3, -0.25) is 15.7 Å². The lowest BCUT2D eigenvalue weighted by molar-refractivity contribution is 0.279. The zero-order chi connectivity index (χ0) is 18.5. The van der Waals surface area contributed by atoms with Gasteiger partial charge in [0, 0.05) is 28.2 Å². The molecule has 26 heavy (non-hydrogen) atoms. The molecule has 0 radical (unpaired) electrons. The number of benzene rings is 3. The minimum Gasteiger partial charge on any atom is -0.289 e. The average molecular weight is 386 g/mol. The van der Waals surface area contributed by atoms with Crippen molar-refractivity contribution >= 4 is 40.3 Å². The quantitative estimate of drug-likeness (QED) is 0.438. The Kier molecular flexibility index (Phi) is 5.78. The van der Waals surface area contributed by atoms with E-state index >= 15 is 0 Å². The van der Waals surface area contributed by atoms with Crippen LogP contribution in [0.5, 0.6) is 0 Å². The summed E-state index contributed by atoms with van der Waals surface area (Å²) in [5.41, 5.74) is 6.67. The Morgan fingerprint density at radius 3 is 2.23 bits per heavy atom. The lowest BCUT2D eigenvalue weighted by Gasteiger charge is -2.18. The number of hydroxylamine groups is 1. The first-order valence-corrected chi connectivity index (χ1v) is 8.67. The molecule has 0 unspecified atom stereocenters. The summed E-state index contributed by atoms with van der Waals surface area (Å²) in [7, 11) is 1.56. The Morgan fingerprint density at radius 1 is 0.923 bits per heavy atom. The third kappa shape index (κ3) is 4.35. The van der Waals surface area contributed by atoms with Crippen LogP contribution < -0.4 is 10.5 Å². The molecule has 6 heteroatoms. The van der Waals surface area contributed by atoms with E-state index in [0.29, 0.717) is 27.0 Å². The van der Waals surface area contributed by atoms with Crippen molar-refractivity contribution in [3.63, 3.8) is 0 Å². The Balaban J connectivity index is 2.09. The number of nitrogens with one attached hydrogen (secondary N) is 1. The van der Waals surface area contributed by atoms with Gasteiger partial charge in [-0.15, -0.1) is 0 Å². The van der Waals surface area contributed by atoms with Crippen LogP contribution in [0.15, 0.2) is 77.9 Å². The molecule has 0 aliphatic rings. The summed E-state index contributed by atoms with van der Waals surface area (Å²) in [4.78, 5) is 0. The van der Waals surface area contributed by atoms with E-state index in [9.17, 15) is 5.21 Å². The van der Waals surface area contributed by atoms with Crippen LogP contribution in [0.4, 0.5) is 11.4 Å². The molecule has 3 rings (SSSR count). The second-order valence-electron chi connectivity index (χ2n) is 5.63. The molecular weight excluding hydrogens is 369 g/mol. The summed E-state index contributed by atoms with van der Waals surface area (Å²) in [6.45, 7) is 0. The van der Waals surface area contributed by atoms with Crippen molar-refractivity contribution < 1.29 is 5.21 Å². The summed E-state index contributed by atoms with van der Waals surface area (Å²) in [6, 6.07) is 22.2. The number of rotatable bonds is 5. The van der Waals surface area contributed by atoms with Crippen molar-refractivity contribution in [2.24, 2.45) is 5.10 Å². The van der Waals surface area contributed by atoms with Crippen molar-refractivity contribution in [2.45, 2.75) is 0 Å². The molecule has 2 N–H and O–H groups in total. The van der Waals surface area contributed by atoms with Gasteiger partial charge in [-0.05, 0) is 42.5 Å². The highest BCUT2D eigenvalue weighted by molar-refractivity contribution is 6.31. The molecule has 0 saturated carbocycles. The third-order valence-corrected chi connectivity index (χ3v) is 4.24. The number of halogens is 2. The van der Waals surface area contributed by atoms with Gasteiger partial charge < -0.3 is 0 Å². The van der Waals surface area contributed by atoms with Crippen LogP contribution in [0.3, 0.4) is 0 Å². The second kappa shape index (κ2) is 8.23. The van der Waals surface area contributed by atoms with Gasteiger partial charge >= 0.3 is 0 Å². The number of nitrogens with zero attached hydrogens (tertiary/aromatic N) is 2. The van der Waals surface area contributed by atoms with Crippen LogP contribution in [0.1, 0.15) is 11.1 Å². The molecule has 0 atom stereocenters. The molecule has 132 valence electrons. The first kappa shape index (κ1) is 18.3. The normalized spacial score (nSPS) is 11.3. The largest absolute Gasteiger partial charge is 0.289 e. The van der Waals surface area contributed by atoms with E-state index in [0.717, 1.165) is 16.3 Å². The highest BCUT2D eigenvalue weighted by atomic mass is 35.5. The summed E-state index contributed by atoms with van der Waals surface area (Å²) in [6.07, 6.45) is 0. The number of hydrazone groups is 1. The van der Waals surface area contributed by atoms with Crippen LogP contribution in [-0.4, -0.2) is 18.0 Å². The van der Waals surface area contributed by atoms with Gasteiger partial charge in [-0.2, -0.15) is 5.10 Å². The maximum atomic E-state index is 10.0. The molecule has 3 aromatic rings. The van der Waals surface area contributed by atoms with Crippen molar-refractivity contribution in [3.05, 3.63) is 94.0 Å². The maximum absolute atomic E-state index is 10.0. The van der Waals surface area contributed by atoms with Crippen LogP contribution in [0, 0.1) is 0 Å². The molecule has 0 aliphatic carbocycles. The van der Waals surface area contributed by atoms with Gasteiger partial charge in [0.05, 0.1) is 17.1 Å². The molecule has 0 aliphatic heterocycles. The summed E-state index contributed by atoms with van der Waals surface area (Å²) in [5.74, 6) is 0. The predicted octanol–water partition coefficient (Wildman–Crippen LogP) is 5.68. The fourth-order valence-electron chi connectivity index (χ4n) is 2.50. The minimum absolute atomic E-state index is 0.556. The van der Waals surface area contributed by atoms with E-state index in [1.54, 1.807) is 37.4 Å². The van der Waals surface area contributed by atoms with E-state index in [2.05, 4.69) is 10.5 Å². The number of hydrogen-bond acceptors (Lipinski definition) is 4. The highest BCUT2D eigenvalue weighted by Gasteiger charge is 2.15. The molecule has 3 aromatic carbocycles. The number of hydrogen-bond donors (Lipinski definition) is 2. The van der Waals surface area contributed by atoms with Crippen molar-refractivity contribution in [1.29, 1.82) is 0 Å². The monoisotopic (exact) mass is 385 g/mol. The first-order chi connectivity index (χ1) is 12.5. The smallest absolute Gasteiger partial charge is 0.1000 e. The fourth-order valence-corrected chi connectivity index (χ4v) is 2.80. The molecule has 0 amide bonds. The summed E-state index contributed by atoms with van der Waals surface area (Å²) < 4.78 is 0. The van der Waals surface area contributed by atoms with Gasteiger partial charge in [-0.1, -0.05) is 53.5 Å². The van der Waals surface area contributed by atoms with Crippen LogP contribution in [-0.2, 0) is 0 Å². The predicted molar refractivity (Wildman–Crippen MR) is 109 cm³/mol. The van der Waals surface area contributed by atoms with Crippen LogP contribution >= 0.6 is 23.2 Å². The molecule has 4 nitrogen and oxygen atoms in total. The van der Waals surface area contributed by atoms with E-state index < -0.39 is 0 Å². The Morgan fingerprint density at radius 2 is 1.58 bits per heavy atom. The third-order valence-electron chi connectivity index (χ3n) is 3.75. The van der Waals surface area contributed by atoms with Crippen molar-refractivity contribution in [1.82, 2.24) is 0 Å². The topological polar surface area (TPSA) is 47.9 Å². The Labute approximate surface area is 162 Å². The zero-order valence-corrected chi connectivity index (χ0v) is 15.5. The van der Waals surface area contributed by atoms with Crippen molar-refractivity contribution in [3.8, 4) is 0 Å². The molecule has 0 heterocycles. The standard InChI is InChI=1S/C20H17Cl2N3O/c1-25(26)19-12-9-16(22)13-18(19)20(14-5-3-2-4-6-14)24-23-17-10-7-15(21)8-11-17/h2-13,23,26H,1H3/b24-20+. The fraction of sp³-hybridized carbons (Fsp3) is 0.0500. The molecule has 0 saturated heterocycles. The van der Waals surface area contributed by atoms with Gasteiger partial charge in [-0.25, -0.2) is 0 Å². The molecule has 0 spiro atoms. The molecule has 0 fully saturated rings. The lowest BCUT2D eigenvalue weighted by Crippen LogP contribution is -2.16. The lowest BCUT2D eigenvalue weighted by atomic mass is 10.0. The van der Waals surface area contributed by atoms with Crippen LogP contribution in [0.2, 0.25) is 10.0 Å². The second-order valence-corrected chi connectivity index (χ2v) is 6.50. The highest BCUT2D eigenvalue weighted by Crippen LogP contribution is 2.26. The zero-order valence-electron chi connectivity index (χ0n) is 14.0. The molecule has 0 bridgehead atoms.